The van der Waals surface area contributed by atoms with Crippen LogP contribution >= 0.6 is 11.6 Å². The minimum absolute atomic E-state index is 0.000626. The Morgan fingerprint density at radius 1 is 1.16 bits per heavy atom. The zero-order chi connectivity index (χ0) is 26.4. The van der Waals surface area contributed by atoms with Crippen molar-refractivity contribution in [2.24, 2.45) is 5.92 Å². The van der Waals surface area contributed by atoms with E-state index in [1.54, 1.807) is 5.01 Å². The lowest BCUT2D eigenvalue weighted by Gasteiger charge is -2.42. The van der Waals surface area contributed by atoms with Crippen LogP contribution in [0.15, 0.2) is 30.5 Å². The highest BCUT2D eigenvalue weighted by molar-refractivity contribution is 6.32. The standard InChI is InChI=1S/C27H37ClN8O/c1-20(2)18-36(26-24(28)17-30-25(16-29)31-26)32-27(37)22-6-4-21(5-7-22)19-34-10-8-23(9-11-34)35-14-12-33(3)13-15-35/h4-7,17,20,23H,8-15,18-19H2,1-3H3,(H,32,37). The second-order valence-corrected chi connectivity index (χ2v) is 10.9. The van der Waals surface area contributed by atoms with E-state index in [2.05, 4.69) is 37.1 Å². The third-order valence-corrected chi connectivity index (χ3v) is 7.37. The zero-order valence-electron chi connectivity index (χ0n) is 22.0. The minimum atomic E-state index is -0.256. The molecule has 2 saturated heterocycles. The summed E-state index contributed by atoms with van der Waals surface area (Å²) >= 11 is 6.30. The molecule has 0 radical (unpaired) electrons. The molecule has 0 saturated carbocycles. The minimum Gasteiger partial charge on any atom is -0.304 e. The molecule has 1 aromatic heterocycles. The quantitative estimate of drug-likeness (QED) is 0.527. The van der Waals surface area contributed by atoms with Crippen molar-refractivity contribution in [3.63, 3.8) is 0 Å². The van der Waals surface area contributed by atoms with Gasteiger partial charge in [-0.05, 0) is 56.6 Å². The highest BCUT2D eigenvalue weighted by Gasteiger charge is 2.26. The zero-order valence-corrected chi connectivity index (χ0v) is 22.8. The third kappa shape index (κ3) is 7.39. The van der Waals surface area contributed by atoms with Crippen molar-refractivity contribution in [1.29, 1.82) is 5.26 Å². The van der Waals surface area contributed by atoms with Crippen molar-refractivity contribution >= 4 is 23.3 Å². The van der Waals surface area contributed by atoms with Gasteiger partial charge in [-0.2, -0.15) is 10.2 Å². The number of rotatable bonds is 8. The summed E-state index contributed by atoms with van der Waals surface area (Å²) in [5, 5.41) is 11.0. The van der Waals surface area contributed by atoms with E-state index in [1.165, 1.54) is 50.8 Å². The van der Waals surface area contributed by atoms with E-state index in [-0.39, 0.29) is 22.7 Å². The van der Waals surface area contributed by atoms with Crippen LogP contribution in [-0.4, -0.2) is 89.5 Å². The number of nitrogens with one attached hydrogen (secondary N) is 1. The Hall–Kier alpha value is -2.77. The molecular formula is C27H37ClN8O. The lowest BCUT2D eigenvalue weighted by molar-refractivity contribution is 0.0658. The van der Waals surface area contributed by atoms with E-state index in [0.29, 0.717) is 24.0 Å². The number of benzene rings is 1. The number of carbonyl (C=O) groups excluding carboxylic acids is 1. The van der Waals surface area contributed by atoms with E-state index >= 15 is 0 Å². The molecule has 198 valence electrons. The number of hydrogen-bond donors (Lipinski definition) is 1. The van der Waals surface area contributed by atoms with Crippen molar-refractivity contribution in [2.75, 3.05) is 57.9 Å². The summed E-state index contributed by atoms with van der Waals surface area (Å²) in [5.74, 6) is 0.277. The summed E-state index contributed by atoms with van der Waals surface area (Å²) in [6, 6.07) is 10.4. The molecule has 0 atom stereocenters. The van der Waals surface area contributed by atoms with E-state index in [9.17, 15) is 10.1 Å². The third-order valence-electron chi connectivity index (χ3n) is 7.10. The van der Waals surface area contributed by atoms with Gasteiger partial charge in [0.25, 0.3) is 5.91 Å². The van der Waals surface area contributed by atoms with Crippen LogP contribution in [0.2, 0.25) is 5.02 Å². The number of hydrogen-bond acceptors (Lipinski definition) is 8. The molecule has 2 aromatic rings. The van der Waals surface area contributed by atoms with Crippen molar-refractivity contribution < 1.29 is 4.79 Å². The van der Waals surface area contributed by atoms with Crippen molar-refractivity contribution in [2.45, 2.75) is 39.3 Å². The maximum absolute atomic E-state index is 13.1. The van der Waals surface area contributed by atoms with Gasteiger partial charge in [-0.1, -0.05) is 37.6 Å². The molecule has 9 nitrogen and oxygen atoms in total. The van der Waals surface area contributed by atoms with Crippen LogP contribution in [0, 0.1) is 17.2 Å². The van der Waals surface area contributed by atoms with Gasteiger partial charge in [-0.25, -0.2) is 4.98 Å². The Kier molecular flexibility index (Phi) is 9.33. The monoisotopic (exact) mass is 524 g/mol. The number of amides is 1. The molecule has 0 spiro atoms. The first-order valence-corrected chi connectivity index (χ1v) is 13.4. The van der Waals surface area contributed by atoms with Crippen molar-refractivity contribution in [1.82, 2.24) is 30.1 Å². The Morgan fingerprint density at radius 3 is 2.46 bits per heavy atom. The molecule has 0 aliphatic carbocycles. The lowest BCUT2D eigenvalue weighted by Crippen LogP contribution is -2.52. The molecular weight excluding hydrogens is 488 g/mol. The van der Waals surface area contributed by atoms with Gasteiger partial charge in [0.05, 0.1) is 6.20 Å². The highest BCUT2D eigenvalue weighted by atomic mass is 35.5. The van der Waals surface area contributed by atoms with Crippen LogP contribution in [-0.2, 0) is 6.54 Å². The number of halogens is 1. The van der Waals surface area contributed by atoms with E-state index in [4.69, 9.17) is 11.6 Å². The molecule has 37 heavy (non-hydrogen) atoms. The summed E-state index contributed by atoms with van der Waals surface area (Å²) in [6.45, 7) is 12.3. The summed E-state index contributed by atoms with van der Waals surface area (Å²) in [4.78, 5) is 28.7. The molecule has 3 heterocycles. The summed E-state index contributed by atoms with van der Waals surface area (Å²) < 4.78 is 0. The van der Waals surface area contributed by atoms with E-state index in [1.807, 2.05) is 44.2 Å². The first-order valence-electron chi connectivity index (χ1n) is 13.1. The van der Waals surface area contributed by atoms with Gasteiger partial charge in [0.2, 0.25) is 5.82 Å². The predicted molar refractivity (Wildman–Crippen MR) is 145 cm³/mol. The predicted octanol–water partition coefficient (Wildman–Crippen LogP) is 3.02. The molecule has 1 N–H and O–H groups in total. The van der Waals surface area contributed by atoms with Gasteiger partial charge in [0, 0.05) is 50.9 Å². The number of anilines is 1. The number of piperazine rings is 1. The van der Waals surface area contributed by atoms with Crippen LogP contribution in [0.4, 0.5) is 5.82 Å². The first-order chi connectivity index (χ1) is 17.8. The van der Waals surface area contributed by atoms with Gasteiger partial charge in [-0.15, -0.1) is 0 Å². The molecule has 1 amide bonds. The van der Waals surface area contributed by atoms with Crippen molar-refractivity contribution in [3.05, 3.63) is 52.4 Å². The molecule has 10 heteroatoms. The molecule has 0 bridgehead atoms. The number of aromatic nitrogens is 2. The molecule has 2 aliphatic rings. The van der Waals surface area contributed by atoms with Crippen LogP contribution in [0.25, 0.3) is 0 Å². The fourth-order valence-corrected chi connectivity index (χ4v) is 5.18. The average molecular weight is 525 g/mol. The number of carbonyl (C=O) groups is 1. The van der Waals surface area contributed by atoms with E-state index in [0.717, 1.165) is 19.6 Å². The van der Waals surface area contributed by atoms with Gasteiger partial charge in [-0.3, -0.25) is 25.0 Å². The Morgan fingerprint density at radius 2 is 1.84 bits per heavy atom. The van der Waals surface area contributed by atoms with Gasteiger partial charge >= 0.3 is 0 Å². The number of nitrogens with zero attached hydrogens (tertiary/aromatic N) is 7. The van der Waals surface area contributed by atoms with Gasteiger partial charge in [0.1, 0.15) is 11.1 Å². The number of likely N-dealkylation sites (N-methyl/N-ethyl adjacent to an activating group) is 1. The molecule has 1 aromatic carbocycles. The van der Waals surface area contributed by atoms with E-state index < -0.39 is 0 Å². The highest BCUT2D eigenvalue weighted by Crippen LogP contribution is 2.23. The number of likely N-dealkylation sites (tertiary alicyclic amines) is 1. The Balaban J connectivity index is 1.33. The molecule has 4 rings (SSSR count). The average Bonchev–Trinajstić information content (AvgIpc) is 2.90. The molecule has 2 aliphatic heterocycles. The van der Waals surface area contributed by atoms with Crippen LogP contribution in [0.1, 0.15) is 48.4 Å². The van der Waals surface area contributed by atoms with Gasteiger partial charge < -0.3 is 4.90 Å². The normalized spacial score (nSPS) is 18.1. The second-order valence-electron chi connectivity index (χ2n) is 10.5. The maximum atomic E-state index is 13.1. The molecule has 2 fully saturated rings. The van der Waals surface area contributed by atoms with Gasteiger partial charge in [0.15, 0.2) is 5.82 Å². The summed E-state index contributed by atoms with van der Waals surface area (Å²) in [5.41, 5.74) is 4.66. The number of piperidine rings is 1. The smallest absolute Gasteiger partial charge is 0.269 e. The summed E-state index contributed by atoms with van der Waals surface area (Å²) in [7, 11) is 2.20. The summed E-state index contributed by atoms with van der Waals surface area (Å²) in [6.07, 6.45) is 3.81. The number of nitriles is 1. The number of hydrazine groups is 1. The SMILES string of the molecule is CC(C)CN(NC(=O)c1ccc(CN2CCC(N3CCN(C)CC3)CC2)cc1)c1nc(C#N)ncc1Cl. The van der Waals surface area contributed by atoms with Crippen LogP contribution in [0.5, 0.6) is 0 Å². The Labute approximate surface area is 225 Å². The second kappa shape index (κ2) is 12.7. The Bertz CT molecular complexity index is 1090. The fraction of sp³-hybridized carbons (Fsp3) is 0.556. The fourth-order valence-electron chi connectivity index (χ4n) is 4.99. The largest absolute Gasteiger partial charge is 0.304 e. The first kappa shape index (κ1) is 27.3. The molecule has 0 unspecified atom stereocenters. The maximum Gasteiger partial charge on any atom is 0.269 e. The van der Waals surface area contributed by atoms with Crippen LogP contribution in [0.3, 0.4) is 0 Å². The topological polar surface area (TPSA) is 91.6 Å². The lowest BCUT2D eigenvalue weighted by atomic mass is 10.0. The van der Waals surface area contributed by atoms with Crippen LogP contribution < -0.4 is 10.4 Å². The van der Waals surface area contributed by atoms with Crippen molar-refractivity contribution in [3.8, 4) is 6.07 Å².